The van der Waals surface area contributed by atoms with E-state index < -0.39 is 53.1 Å². The lowest BCUT2D eigenvalue weighted by atomic mass is 10.1. The summed E-state index contributed by atoms with van der Waals surface area (Å²) >= 11 is 0. The minimum atomic E-state index is -4.94. The van der Waals surface area contributed by atoms with Crippen molar-refractivity contribution >= 4 is 24.0 Å². The quantitative estimate of drug-likeness (QED) is 0.444. The van der Waals surface area contributed by atoms with Crippen LogP contribution in [-0.4, -0.2) is 93.5 Å². The van der Waals surface area contributed by atoms with Gasteiger partial charge in [0.05, 0.1) is 24.9 Å². The number of amides is 4. The van der Waals surface area contributed by atoms with E-state index in [1.807, 2.05) is 0 Å². The Balaban J connectivity index is 1.80. The summed E-state index contributed by atoms with van der Waals surface area (Å²) in [6.45, 7) is 5.94. The second-order valence-electron chi connectivity index (χ2n) is 9.80. The largest absolute Gasteiger partial charge is 0.467 e. The van der Waals surface area contributed by atoms with Crippen molar-refractivity contribution in [1.29, 1.82) is 0 Å². The first-order valence-corrected chi connectivity index (χ1v) is 12.3. The van der Waals surface area contributed by atoms with Crippen LogP contribution in [0.5, 0.6) is 0 Å². The minimum Gasteiger partial charge on any atom is -0.467 e. The molecule has 4 amide bonds. The lowest BCUT2D eigenvalue weighted by Gasteiger charge is -2.41. The molecule has 1 aliphatic heterocycles. The molecule has 218 valence electrons. The Morgan fingerprint density at radius 3 is 2.30 bits per heavy atom. The first-order chi connectivity index (χ1) is 18.7. The van der Waals surface area contributed by atoms with Gasteiger partial charge in [-0.1, -0.05) is 18.2 Å². The zero-order valence-corrected chi connectivity index (χ0v) is 22.7. The monoisotopic (exact) mass is 568 g/mol. The summed E-state index contributed by atoms with van der Waals surface area (Å²) in [4.78, 5) is 53.7. The number of hydrogen-bond acceptors (Lipinski definition) is 7. The second-order valence-corrected chi connectivity index (χ2v) is 9.80. The molecular weight excluding hydrogens is 537 g/mol. The highest BCUT2D eigenvalue weighted by atomic mass is 19.4. The van der Waals surface area contributed by atoms with Gasteiger partial charge in [-0.05, 0) is 39.8 Å². The number of methoxy groups -OCH3 is 1. The van der Waals surface area contributed by atoms with Gasteiger partial charge in [-0.25, -0.2) is 24.1 Å². The van der Waals surface area contributed by atoms with Crippen molar-refractivity contribution in [3.63, 3.8) is 0 Å². The zero-order valence-electron chi connectivity index (χ0n) is 22.7. The number of carbonyl (C=O) groups is 4. The second kappa shape index (κ2) is 11.8. The van der Waals surface area contributed by atoms with E-state index in [0.29, 0.717) is 5.69 Å². The smallest absolute Gasteiger partial charge is 0.435 e. The Morgan fingerprint density at radius 2 is 1.75 bits per heavy atom. The number of esters is 1. The maximum atomic E-state index is 13.7. The SMILES string of the molecule is CCN(NC(=O)c1cn(-c2ccccc2)nc1C(F)(F)F)C(=O)N1CCN(C(=O)OC(C)(C)C)C(C(=O)OC)C1. The van der Waals surface area contributed by atoms with Gasteiger partial charge in [-0.15, -0.1) is 0 Å². The van der Waals surface area contributed by atoms with Crippen molar-refractivity contribution in [3.05, 3.63) is 47.8 Å². The van der Waals surface area contributed by atoms with Crippen LogP contribution in [0.4, 0.5) is 22.8 Å². The van der Waals surface area contributed by atoms with Gasteiger partial charge < -0.3 is 14.4 Å². The molecule has 0 spiro atoms. The highest BCUT2D eigenvalue weighted by Crippen LogP contribution is 2.31. The van der Waals surface area contributed by atoms with E-state index in [2.05, 4.69) is 10.5 Å². The Morgan fingerprint density at radius 1 is 1.10 bits per heavy atom. The number of nitrogens with one attached hydrogen (secondary N) is 1. The molecule has 1 N–H and O–H groups in total. The number of piperazine rings is 1. The summed E-state index contributed by atoms with van der Waals surface area (Å²) in [5, 5.41) is 4.36. The van der Waals surface area contributed by atoms with Gasteiger partial charge >= 0.3 is 24.3 Å². The molecule has 1 atom stereocenters. The number of benzene rings is 1. The third-order valence-corrected chi connectivity index (χ3v) is 5.78. The first kappa shape index (κ1) is 30.2. The highest BCUT2D eigenvalue weighted by Gasteiger charge is 2.42. The summed E-state index contributed by atoms with van der Waals surface area (Å²) in [6.07, 6.45) is -4.79. The zero-order chi connectivity index (χ0) is 29.8. The van der Waals surface area contributed by atoms with E-state index in [0.717, 1.165) is 27.9 Å². The van der Waals surface area contributed by atoms with Gasteiger partial charge in [0.1, 0.15) is 5.60 Å². The van der Waals surface area contributed by atoms with E-state index in [4.69, 9.17) is 9.47 Å². The number of urea groups is 1. The Bertz CT molecular complexity index is 1240. The molecule has 1 aromatic heterocycles. The number of nitrogens with zero attached hydrogens (tertiary/aromatic N) is 5. The fourth-order valence-corrected chi connectivity index (χ4v) is 3.91. The van der Waals surface area contributed by atoms with Crippen LogP contribution in [0.3, 0.4) is 0 Å². The normalized spacial score (nSPS) is 15.8. The van der Waals surface area contributed by atoms with E-state index in [1.54, 1.807) is 39.0 Å². The standard InChI is InChI=1S/C25H31F3N6O6/c1-6-33(22(37)31-12-13-32(18(15-31)21(36)39-5)23(38)40-24(2,3)4)30-20(35)17-14-34(16-10-8-7-9-11-16)29-19(17)25(26,27)28/h7-11,14,18H,6,12-13,15H2,1-5H3,(H,30,35). The van der Waals surface area contributed by atoms with Crippen molar-refractivity contribution in [1.82, 2.24) is 30.0 Å². The lowest BCUT2D eigenvalue weighted by Crippen LogP contribution is -2.63. The number of ether oxygens (including phenoxy) is 2. The van der Waals surface area contributed by atoms with Crippen LogP contribution < -0.4 is 5.43 Å². The number of hydrogen-bond donors (Lipinski definition) is 1. The molecule has 12 nitrogen and oxygen atoms in total. The molecule has 0 bridgehead atoms. The molecule has 0 aliphatic carbocycles. The van der Waals surface area contributed by atoms with Crippen LogP contribution in [0, 0.1) is 0 Å². The molecule has 0 radical (unpaired) electrons. The summed E-state index contributed by atoms with van der Waals surface area (Å²) in [5.41, 5.74) is -0.538. The molecule has 0 saturated carbocycles. The molecule has 1 saturated heterocycles. The van der Waals surface area contributed by atoms with Crippen molar-refractivity contribution in [2.24, 2.45) is 0 Å². The van der Waals surface area contributed by atoms with E-state index >= 15 is 0 Å². The van der Waals surface area contributed by atoms with E-state index in [-0.39, 0.29) is 26.2 Å². The van der Waals surface area contributed by atoms with E-state index in [9.17, 15) is 32.3 Å². The van der Waals surface area contributed by atoms with Gasteiger partial charge in [0.15, 0.2) is 11.7 Å². The minimum absolute atomic E-state index is 0.0440. The Labute approximate surface area is 228 Å². The third kappa shape index (κ3) is 7.01. The predicted molar refractivity (Wildman–Crippen MR) is 134 cm³/mol. The topological polar surface area (TPSA) is 126 Å². The molecule has 3 rings (SSSR count). The van der Waals surface area contributed by atoms with Gasteiger partial charge in [0.2, 0.25) is 0 Å². The van der Waals surface area contributed by atoms with Gasteiger partial charge in [0, 0.05) is 25.8 Å². The maximum Gasteiger partial charge on any atom is 0.435 e. The number of para-hydroxylation sites is 1. The van der Waals surface area contributed by atoms with Crippen LogP contribution in [0.25, 0.3) is 5.69 Å². The molecule has 2 aromatic rings. The van der Waals surface area contributed by atoms with E-state index in [1.165, 1.54) is 24.0 Å². The molecule has 2 heterocycles. The van der Waals surface area contributed by atoms with Crippen molar-refractivity contribution in [3.8, 4) is 5.69 Å². The molecule has 15 heteroatoms. The van der Waals surface area contributed by atoms with Crippen LogP contribution in [0.15, 0.2) is 36.5 Å². The lowest BCUT2D eigenvalue weighted by molar-refractivity contribution is -0.148. The van der Waals surface area contributed by atoms with Crippen molar-refractivity contribution < 1.29 is 41.8 Å². The Hall–Kier alpha value is -4.30. The molecule has 1 aliphatic rings. The van der Waals surface area contributed by atoms with Gasteiger partial charge in [-0.3, -0.25) is 15.1 Å². The van der Waals surface area contributed by atoms with Crippen molar-refractivity contribution in [2.45, 2.75) is 45.5 Å². The highest BCUT2D eigenvalue weighted by molar-refractivity contribution is 5.96. The summed E-state index contributed by atoms with van der Waals surface area (Å²) < 4.78 is 52.3. The number of aromatic nitrogens is 2. The van der Waals surface area contributed by atoms with Crippen LogP contribution in [-0.2, 0) is 20.4 Å². The van der Waals surface area contributed by atoms with Crippen LogP contribution in [0.2, 0.25) is 0 Å². The maximum absolute atomic E-state index is 13.7. The molecule has 1 aromatic carbocycles. The average molecular weight is 569 g/mol. The molecular formula is C25H31F3N6O6. The first-order valence-electron chi connectivity index (χ1n) is 12.3. The summed E-state index contributed by atoms with van der Waals surface area (Å²) in [5.74, 6) is -2.00. The van der Waals surface area contributed by atoms with Crippen LogP contribution in [0.1, 0.15) is 43.7 Å². The predicted octanol–water partition coefficient (Wildman–Crippen LogP) is 3.07. The van der Waals surface area contributed by atoms with Gasteiger partial charge in [0.25, 0.3) is 5.91 Å². The molecule has 40 heavy (non-hydrogen) atoms. The number of halogens is 3. The third-order valence-electron chi connectivity index (χ3n) is 5.78. The van der Waals surface area contributed by atoms with Gasteiger partial charge in [-0.2, -0.15) is 18.3 Å². The number of rotatable bonds is 4. The molecule has 1 unspecified atom stereocenters. The average Bonchev–Trinajstić information content (AvgIpc) is 3.36. The summed E-state index contributed by atoms with van der Waals surface area (Å²) in [6, 6.07) is 5.92. The molecule has 1 fully saturated rings. The van der Waals surface area contributed by atoms with Crippen LogP contribution >= 0.6 is 0 Å². The Kier molecular flexibility index (Phi) is 8.95. The van der Waals surface area contributed by atoms with Crippen molar-refractivity contribution in [2.75, 3.05) is 33.3 Å². The fraction of sp³-hybridized carbons (Fsp3) is 0.480. The number of carbonyl (C=O) groups excluding carboxylic acids is 4. The number of alkyl halides is 3. The fourth-order valence-electron chi connectivity index (χ4n) is 3.91. The summed E-state index contributed by atoms with van der Waals surface area (Å²) in [7, 11) is 1.13. The number of hydrazine groups is 1.